The minimum Gasteiger partial charge on any atom is -0.372 e. The lowest BCUT2D eigenvalue weighted by Gasteiger charge is -2.28. The average Bonchev–Trinajstić information content (AvgIpc) is 2.68. The molecule has 1 aliphatic heterocycles. The number of rotatable bonds is 2. The number of aromatic nitrogens is 2. The number of piperidine rings is 1. The van der Waals surface area contributed by atoms with E-state index in [1.807, 2.05) is 12.1 Å². The Hall–Kier alpha value is -2.83. The van der Waals surface area contributed by atoms with Crippen molar-refractivity contribution in [3.63, 3.8) is 0 Å². The zero-order valence-corrected chi connectivity index (χ0v) is 14.5. The Morgan fingerprint density at radius 3 is 2.33 bits per heavy atom. The van der Waals surface area contributed by atoms with Gasteiger partial charge in [-0.05, 0) is 49.6 Å². The predicted molar refractivity (Wildman–Crippen MR) is 98.9 cm³/mol. The number of H-pyrrole nitrogens is 1. The van der Waals surface area contributed by atoms with Gasteiger partial charge in [0.2, 0.25) is 0 Å². The minimum atomic E-state index is -4.40. The molecule has 2 aromatic carbocycles. The van der Waals surface area contributed by atoms with Crippen molar-refractivity contribution in [3.8, 4) is 11.4 Å². The zero-order chi connectivity index (χ0) is 19.0. The molecule has 1 aromatic heterocycles. The normalized spacial score (nSPS) is 15.3. The van der Waals surface area contributed by atoms with E-state index in [0.29, 0.717) is 16.5 Å². The highest BCUT2D eigenvalue weighted by Crippen LogP contribution is 2.30. The second-order valence-corrected chi connectivity index (χ2v) is 6.74. The summed E-state index contributed by atoms with van der Waals surface area (Å²) < 4.78 is 38.1. The van der Waals surface area contributed by atoms with Crippen LogP contribution in [0.5, 0.6) is 0 Å². The summed E-state index contributed by atoms with van der Waals surface area (Å²) in [6, 6.07) is 10.2. The summed E-state index contributed by atoms with van der Waals surface area (Å²) in [6.07, 6.45) is -0.894. The van der Waals surface area contributed by atoms with Gasteiger partial charge in [0.25, 0.3) is 5.56 Å². The lowest BCUT2D eigenvalue weighted by atomic mass is 10.1. The molecule has 7 heteroatoms. The van der Waals surface area contributed by atoms with Gasteiger partial charge in [0.1, 0.15) is 5.82 Å². The number of anilines is 1. The molecule has 0 saturated carbocycles. The molecule has 1 aliphatic rings. The summed E-state index contributed by atoms with van der Waals surface area (Å²) in [6.45, 7) is 1.95. The molecule has 0 amide bonds. The number of aromatic amines is 1. The molecule has 4 nitrogen and oxygen atoms in total. The van der Waals surface area contributed by atoms with Crippen LogP contribution in [-0.2, 0) is 6.18 Å². The van der Waals surface area contributed by atoms with Crippen molar-refractivity contribution in [2.75, 3.05) is 18.0 Å². The Morgan fingerprint density at radius 2 is 1.67 bits per heavy atom. The second kappa shape index (κ2) is 6.72. The lowest BCUT2D eigenvalue weighted by molar-refractivity contribution is -0.137. The molecular weight excluding hydrogens is 355 g/mol. The third-order valence-electron chi connectivity index (χ3n) is 4.90. The van der Waals surface area contributed by atoms with Crippen LogP contribution in [0.3, 0.4) is 0 Å². The van der Waals surface area contributed by atoms with Crippen LogP contribution in [0.4, 0.5) is 18.9 Å². The summed E-state index contributed by atoms with van der Waals surface area (Å²) in [5.74, 6) is 0.256. The van der Waals surface area contributed by atoms with E-state index in [2.05, 4.69) is 14.9 Å². The number of hydrogen-bond donors (Lipinski definition) is 1. The van der Waals surface area contributed by atoms with E-state index in [1.54, 1.807) is 6.07 Å². The maximum atomic E-state index is 12.7. The van der Waals surface area contributed by atoms with Crippen molar-refractivity contribution in [1.82, 2.24) is 9.97 Å². The molecule has 0 atom stereocenters. The van der Waals surface area contributed by atoms with Gasteiger partial charge in [0, 0.05) is 24.3 Å². The van der Waals surface area contributed by atoms with Crippen molar-refractivity contribution < 1.29 is 13.2 Å². The van der Waals surface area contributed by atoms with Crippen molar-refractivity contribution in [2.45, 2.75) is 25.4 Å². The molecular formula is C20H18F3N3O. The second-order valence-electron chi connectivity index (χ2n) is 6.74. The monoisotopic (exact) mass is 373 g/mol. The van der Waals surface area contributed by atoms with Gasteiger partial charge in [-0.2, -0.15) is 13.2 Å². The van der Waals surface area contributed by atoms with E-state index in [9.17, 15) is 18.0 Å². The van der Waals surface area contributed by atoms with Crippen LogP contribution in [0, 0.1) is 0 Å². The number of nitrogens with zero attached hydrogens (tertiary/aromatic N) is 2. The van der Waals surface area contributed by atoms with Gasteiger partial charge in [0.05, 0.1) is 16.5 Å². The van der Waals surface area contributed by atoms with E-state index >= 15 is 0 Å². The number of alkyl halides is 3. The lowest BCUT2D eigenvalue weighted by Crippen LogP contribution is -2.29. The highest BCUT2D eigenvalue weighted by molar-refractivity contribution is 5.83. The summed E-state index contributed by atoms with van der Waals surface area (Å²) in [7, 11) is 0. The number of nitrogens with one attached hydrogen (secondary N) is 1. The Bertz CT molecular complexity index is 1020. The summed E-state index contributed by atoms with van der Waals surface area (Å²) >= 11 is 0. The highest BCUT2D eigenvalue weighted by atomic mass is 19.4. The van der Waals surface area contributed by atoms with Crippen LogP contribution in [0.1, 0.15) is 24.8 Å². The van der Waals surface area contributed by atoms with Gasteiger partial charge in [-0.3, -0.25) is 4.79 Å². The van der Waals surface area contributed by atoms with Crippen molar-refractivity contribution in [3.05, 3.63) is 58.4 Å². The smallest absolute Gasteiger partial charge is 0.372 e. The van der Waals surface area contributed by atoms with Crippen molar-refractivity contribution in [2.24, 2.45) is 0 Å². The van der Waals surface area contributed by atoms with E-state index in [4.69, 9.17) is 0 Å². The van der Waals surface area contributed by atoms with Gasteiger partial charge in [-0.25, -0.2) is 4.98 Å². The third kappa shape index (κ3) is 3.54. The molecule has 140 valence electrons. The molecule has 0 unspecified atom stereocenters. The number of fused-ring (bicyclic) bond motifs is 1. The first-order valence-corrected chi connectivity index (χ1v) is 8.88. The van der Waals surface area contributed by atoms with Gasteiger partial charge < -0.3 is 9.88 Å². The molecule has 27 heavy (non-hydrogen) atoms. The number of halogens is 3. The fourth-order valence-corrected chi connectivity index (χ4v) is 3.43. The first kappa shape index (κ1) is 17.6. The Balaban J connectivity index is 1.70. The molecule has 1 fully saturated rings. The molecule has 0 aliphatic carbocycles. The van der Waals surface area contributed by atoms with E-state index < -0.39 is 11.7 Å². The molecule has 0 radical (unpaired) electrons. The first-order chi connectivity index (χ1) is 12.9. The number of benzene rings is 2. The van der Waals surface area contributed by atoms with Gasteiger partial charge in [-0.1, -0.05) is 12.1 Å². The predicted octanol–water partition coefficient (Wildman–Crippen LogP) is 4.60. The Kier molecular flexibility index (Phi) is 4.37. The zero-order valence-electron chi connectivity index (χ0n) is 14.5. The van der Waals surface area contributed by atoms with E-state index in [-0.39, 0.29) is 11.4 Å². The topological polar surface area (TPSA) is 49.0 Å². The molecule has 2 heterocycles. The van der Waals surface area contributed by atoms with E-state index in [1.165, 1.54) is 18.6 Å². The first-order valence-electron chi connectivity index (χ1n) is 8.88. The van der Waals surface area contributed by atoms with Gasteiger partial charge in [0.15, 0.2) is 0 Å². The molecule has 1 saturated heterocycles. The SMILES string of the molecule is O=c1[nH]c(-c2ccc(C(F)(F)F)cc2)nc2ccc(N3CCCCC3)cc12. The standard InChI is InChI=1S/C20H18F3N3O/c21-20(22,23)14-6-4-13(5-7-14)18-24-17-9-8-15(12-16(17)19(27)25-18)26-10-2-1-3-11-26/h4-9,12H,1-3,10-11H2,(H,24,25,27). The van der Waals surface area contributed by atoms with Crippen LogP contribution >= 0.6 is 0 Å². The van der Waals surface area contributed by atoms with Crippen LogP contribution in [0.15, 0.2) is 47.3 Å². The van der Waals surface area contributed by atoms with Crippen LogP contribution in [0.25, 0.3) is 22.3 Å². The quantitative estimate of drug-likeness (QED) is 0.714. The maximum absolute atomic E-state index is 12.7. The average molecular weight is 373 g/mol. The largest absolute Gasteiger partial charge is 0.416 e. The summed E-state index contributed by atoms with van der Waals surface area (Å²) in [5.41, 5.74) is 0.919. The molecule has 0 bridgehead atoms. The molecule has 3 aromatic rings. The Labute approximate surface area is 153 Å². The fraction of sp³-hybridized carbons (Fsp3) is 0.300. The van der Waals surface area contributed by atoms with E-state index in [0.717, 1.165) is 43.8 Å². The van der Waals surface area contributed by atoms with Gasteiger partial charge >= 0.3 is 6.18 Å². The van der Waals surface area contributed by atoms with Crippen LogP contribution in [-0.4, -0.2) is 23.1 Å². The Morgan fingerprint density at radius 1 is 0.963 bits per heavy atom. The summed E-state index contributed by atoms with van der Waals surface area (Å²) in [4.78, 5) is 21.9. The van der Waals surface area contributed by atoms with Crippen molar-refractivity contribution >= 4 is 16.6 Å². The fourth-order valence-electron chi connectivity index (χ4n) is 3.43. The third-order valence-corrected chi connectivity index (χ3v) is 4.90. The van der Waals surface area contributed by atoms with Gasteiger partial charge in [-0.15, -0.1) is 0 Å². The number of hydrogen-bond acceptors (Lipinski definition) is 3. The molecule has 4 rings (SSSR count). The molecule has 0 spiro atoms. The van der Waals surface area contributed by atoms with Crippen LogP contribution in [0.2, 0.25) is 0 Å². The minimum absolute atomic E-state index is 0.256. The van der Waals surface area contributed by atoms with Crippen molar-refractivity contribution in [1.29, 1.82) is 0 Å². The summed E-state index contributed by atoms with van der Waals surface area (Å²) in [5, 5.41) is 0.480. The molecule has 1 N–H and O–H groups in total. The highest BCUT2D eigenvalue weighted by Gasteiger charge is 2.30. The van der Waals surface area contributed by atoms with Crippen LogP contribution < -0.4 is 10.5 Å². The maximum Gasteiger partial charge on any atom is 0.416 e.